The fraction of sp³-hybridized carbons (Fsp3) is 0.450. The fourth-order valence-corrected chi connectivity index (χ4v) is 3.66. The third-order valence-electron chi connectivity index (χ3n) is 4.98. The highest BCUT2D eigenvalue weighted by atomic mass is 15.3. The molecule has 2 aromatic heterocycles. The Labute approximate surface area is 154 Å². The van der Waals surface area contributed by atoms with Crippen LogP contribution in [0.15, 0.2) is 30.3 Å². The molecule has 0 spiro atoms. The summed E-state index contributed by atoms with van der Waals surface area (Å²) in [7, 11) is 0. The van der Waals surface area contributed by atoms with Crippen molar-refractivity contribution in [3.63, 3.8) is 0 Å². The van der Waals surface area contributed by atoms with Crippen LogP contribution in [0.5, 0.6) is 0 Å². The van der Waals surface area contributed by atoms with Crippen molar-refractivity contribution in [2.45, 2.75) is 33.2 Å². The van der Waals surface area contributed by atoms with Crippen LogP contribution in [0.25, 0.3) is 10.9 Å². The zero-order valence-electron chi connectivity index (χ0n) is 15.6. The molecule has 3 heterocycles. The van der Waals surface area contributed by atoms with E-state index in [0.717, 1.165) is 62.7 Å². The van der Waals surface area contributed by atoms with Gasteiger partial charge in [-0.3, -0.25) is 15.0 Å². The van der Waals surface area contributed by atoms with Gasteiger partial charge in [0.2, 0.25) is 0 Å². The first-order valence-electron chi connectivity index (χ1n) is 9.47. The lowest BCUT2D eigenvalue weighted by molar-refractivity contribution is 0.244. The van der Waals surface area contributed by atoms with Crippen LogP contribution >= 0.6 is 0 Å². The van der Waals surface area contributed by atoms with E-state index >= 15 is 0 Å². The molecule has 1 saturated heterocycles. The number of nitrogens with zero attached hydrogens (tertiary/aromatic N) is 5. The summed E-state index contributed by atoms with van der Waals surface area (Å²) in [5.41, 5.74) is 3.62. The van der Waals surface area contributed by atoms with Gasteiger partial charge >= 0.3 is 0 Å². The van der Waals surface area contributed by atoms with Crippen molar-refractivity contribution in [1.82, 2.24) is 25.1 Å². The first-order valence-corrected chi connectivity index (χ1v) is 9.47. The standard InChI is InChI=1S/C20H26N6/c1-3-6-16-13-19(17-7-4-5-8-18(17)22-16)26-11-9-25(10-12-26)14-20-21-15(2)23-24-20/h4-5,7-8,13H,3,6,9-12,14H2,1-2H3,(H,21,23,24). The zero-order valence-corrected chi connectivity index (χ0v) is 15.6. The van der Waals surface area contributed by atoms with Crippen molar-refractivity contribution in [2.24, 2.45) is 0 Å². The van der Waals surface area contributed by atoms with Gasteiger partial charge in [0.1, 0.15) is 5.82 Å². The van der Waals surface area contributed by atoms with Crippen LogP contribution in [0.2, 0.25) is 0 Å². The molecule has 136 valence electrons. The Hall–Kier alpha value is -2.47. The van der Waals surface area contributed by atoms with Gasteiger partial charge in [0.15, 0.2) is 5.82 Å². The first-order chi connectivity index (χ1) is 12.7. The SMILES string of the molecule is CCCc1cc(N2CCN(Cc3n[nH]c(C)n3)CC2)c2ccccc2n1. The molecule has 0 bridgehead atoms. The highest BCUT2D eigenvalue weighted by Crippen LogP contribution is 2.28. The van der Waals surface area contributed by atoms with Gasteiger partial charge in [-0.05, 0) is 25.5 Å². The minimum Gasteiger partial charge on any atom is -0.368 e. The number of aryl methyl sites for hydroxylation is 2. The molecule has 0 radical (unpaired) electrons. The number of H-pyrrole nitrogens is 1. The minimum atomic E-state index is 0.816. The van der Waals surface area contributed by atoms with Crippen molar-refractivity contribution in [2.75, 3.05) is 31.1 Å². The van der Waals surface area contributed by atoms with Crippen LogP contribution in [0, 0.1) is 6.92 Å². The van der Waals surface area contributed by atoms with Crippen molar-refractivity contribution in [1.29, 1.82) is 0 Å². The normalized spacial score (nSPS) is 15.7. The number of anilines is 1. The third kappa shape index (κ3) is 3.55. The Balaban J connectivity index is 1.51. The van der Waals surface area contributed by atoms with E-state index in [1.54, 1.807) is 0 Å². The van der Waals surface area contributed by atoms with Crippen LogP contribution in [-0.4, -0.2) is 51.2 Å². The molecule has 6 nitrogen and oxygen atoms in total. The molecule has 1 fully saturated rings. The molecule has 0 amide bonds. The van der Waals surface area contributed by atoms with Gasteiger partial charge in [-0.2, -0.15) is 5.10 Å². The molecule has 26 heavy (non-hydrogen) atoms. The maximum atomic E-state index is 4.84. The fourth-order valence-electron chi connectivity index (χ4n) is 3.66. The average molecular weight is 350 g/mol. The van der Waals surface area contributed by atoms with Gasteiger partial charge < -0.3 is 4.90 Å². The molecule has 0 saturated carbocycles. The van der Waals surface area contributed by atoms with Crippen LogP contribution in [0.4, 0.5) is 5.69 Å². The molecule has 6 heteroatoms. The Kier molecular flexibility index (Phi) is 4.84. The maximum absolute atomic E-state index is 4.84. The lowest BCUT2D eigenvalue weighted by Crippen LogP contribution is -2.46. The monoisotopic (exact) mass is 350 g/mol. The highest BCUT2D eigenvalue weighted by molar-refractivity contribution is 5.92. The summed E-state index contributed by atoms with van der Waals surface area (Å²) in [5.74, 6) is 1.76. The highest BCUT2D eigenvalue weighted by Gasteiger charge is 2.20. The second-order valence-corrected chi connectivity index (χ2v) is 7.00. The average Bonchev–Trinajstić information content (AvgIpc) is 3.07. The summed E-state index contributed by atoms with van der Waals surface area (Å²) in [6.45, 7) is 9.04. The minimum absolute atomic E-state index is 0.816. The van der Waals surface area contributed by atoms with Crippen LogP contribution in [-0.2, 0) is 13.0 Å². The summed E-state index contributed by atoms with van der Waals surface area (Å²) in [6.07, 6.45) is 2.15. The molecule has 0 aliphatic carbocycles. The summed E-state index contributed by atoms with van der Waals surface area (Å²) in [6, 6.07) is 10.8. The Morgan fingerprint density at radius 1 is 1.08 bits per heavy atom. The number of pyridine rings is 1. The quantitative estimate of drug-likeness (QED) is 0.767. The van der Waals surface area contributed by atoms with E-state index in [9.17, 15) is 0 Å². The van der Waals surface area contributed by atoms with Crippen molar-refractivity contribution in [3.05, 3.63) is 47.7 Å². The van der Waals surface area contributed by atoms with E-state index in [2.05, 4.69) is 62.2 Å². The van der Waals surface area contributed by atoms with Crippen molar-refractivity contribution >= 4 is 16.6 Å². The molecule has 4 rings (SSSR count). The molecule has 3 aromatic rings. The number of nitrogens with one attached hydrogen (secondary N) is 1. The van der Waals surface area contributed by atoms with Crippen molar-refractivity contribution < 1.29 is 0 Å². The second kappa shape index (κ2) is 7.41. The number of hydrogen-bond acceptors (Lipinski definition) is 5. The number of para-hydroxylation sites is 1. The molecule has 1 N–H and O–H groups in total. The largest absolute Gasteiger partial charge is 0.368 e. The van der Waals surface area contributed by atoms with Crippen LogP contribution in [0.3, 0.4) is 0 Å². The molecular weight excluding hydrogens is 324 g/mol. The predicted octanol–water partition coefficient (Wildman–Crippen LogP) is 2.94. The van der Waals surface area contributed by atoms with E-state index in [-0.39, 0.29) is 0 Å². The lowest BCUT2D eigenvalue weighted by atomic mass is 10.1. The van der Waals surface area contributed by atoms with Gasteiger partial charge in [-0.25, -0.2) is 4.98 Å². The third-order valence-corrected chi connectivity index (χ3v) is 4.98. The lowest BCUT2D eigenvalue weighted by Gasteiger charge is -2.36. The molecule has 1 aromatic carbocycles. The van der Waals surface area contributed by atoms with Crippen LogP contribution < -0.4 is 4.90 Å². The van der Waals surface area contributed by atoms with E-state index in [4.69, 9.17) is 4.98 Å². The van der Waals surface area contributed by atoms with E-state index in [1.165, 1.54) is 16.8 Å². The number of hydrogen-bond donors (Lipinski definition) is 1. The summed E-state index contributed by atoms with van der Waals surface area (Å²) in [5, 5.41) is 8.44. The van der Waals surface area contributed by atoms with E-state index in [1.807, 2.05) is 6.92 Å². The molecule has 0 unspecified atom stereocenters. The van der Waals surface area contributed by atoms with Gasteiger partial charge in [-0.15, -0.1) is 0 Å². The number of fused-ring (bicyclic) bond motifs is 1. The Bertz CT molecular complexity index is 879. The van der Waals surface area contributed by atoms with Gasteiger partial charge in [0.25, 0.3) is 0 Å². The Morgan fingerprint density at radius 3 is 2.62 bits per heavy atom. The molecular formula is C20H26N6. The molecule has 0 atom stereocenters. The summed E-state index contributed by atoms with van der Waals surface area (Å²) in [4.78, 5) is 14.2. The van der Waals surface area contributed by atoms with Crippen molar-refractivity contribution in [3.8, 4) is 0 Å². The maximum Gasteiger partial charge on any atom is 0.164 e. The molecule has 1 aliphatic rings. The number of aromatic amines is 1. The van der Waals surface area contributed by atoms with Gasteiger partial charge in [0, 0.05) is 42.9 Å². The van der Waals surface area contributed by atoms with Gasteiger partial charge in [0.05, 0.1) is 12.1 Å². The zero-order chi connectivity index (χ0) is 17.9. The predicted molar refractivity (Wildman–Crippen MR) is 104 cm³/mol. The summed E-state index contributed by atoms with van der Waals surface area (Å²) >= 11 is 0. The second-order valence-electron chi connectivity index (χ2n) is 7.00. The van der Waals surface area contributed by atoms with Gasteiger partial charge in [-0.1, -0.05) is 31.5 Å². The first kappa shape index (κ1) is 17.0. The summed E-state index contributed by atoms with van der Waals surface area (Å²) < 4.78 is 0. The van der Waals surface area contributed by atoms with E-state index < -0.39 is 0 Å². The smallest absolute Gasteiger partial charge is 0.164 e. The van der Waals surface area contributed by atoms with Crippen LogP contribution in [0.1, 0.15) is 30.7 Å². The number of aromatic nitrogens is 4. The number of piperazine rings is 1. The topological polar surface area (TPSA) is 60.9 Å². The Morgan fingerprint density at radius 2 is 1.88 bits per heavy atom. The molecule has 1 aliphatic heterocycles. The number of benzene rings is 1. The van der Waals surface area contributed by atoms with E-state index in [0.29, 0.717) is 0 Å². The number of rotatable bonds is 5.